The summed E-state index contributed by atoms with van der Waals surface area (Å²) >= 11 is 0. The fourth-order valence-corrected chi connectivity index (χ4v) is 8.67. The van der Waals surface area contributed by atoms with Gasteiger partial charge in [-0.3, -0.25) is 0 Å². The van der Waals surface area contributed by atoms with E-state index >= 15 is 0 Å². The van der Waals surface area contributed by atoms with Crippen LogP contribution in [0.3, 0.4) is 0 Å². The van der Waals surface area contributed by atoms with Gasteiger partial charge in [-0.05, 0) is 27.7 Å². The first-order valence-corrected chi connectivity index (χ1v) is 10.3. The lowest BCUT2D eigenvalue weighted by Gasteiger charge is -2.24. The third kappa shape index (κ3) is 4.82. The van der Waals surface area contributed by atoms with Gasteiger partial charge in [0, 0.05) is 6.66 Å². The highest BCUT2D eigenvalue weighted by molar-refractivity contribution is 7.79. The summed E-state index contributed by atoms with van der Waals surface area (Å²) in [5.74, 6) is 0. The fraction of sp³-hybridized carbons (Fsp3) is 1.00. The number of halogens is 3. The maximum Gasteiger partial charge on any atom is 0.386 e. The van der Waals surface area contributed by atoms with Gasteiger partial charge < -0.3 is 9.05 Å². The molecule has 0 aromatic rings. The van der Waals surface area contributed by atoms with Crippen molar-refractivity contribution in [1.29, 1.82) is 0 Å². The van der Waals surface area contributed by atoms with Crippen molar-refractivity contribution in [1.82, 2.24) is 0 Å². The summed E-state index contributed by atoms with van der Waals surface area (Å²) in [6.45, 7) is 7.10. The van der Waals surface area contributed by atoms with E-state index in [1.807, 2.05) is 0 Å². The molecule has 0 bridgehead atoms. The summed E-state index contributed by atoms with van der Waals surface area (Å²) in [7, 11) is -12.6. The maximum atomic E-state index is 14.3. The van der Waals surface area contributed by atoms with E-state index in [-0.39, 0.29) is 0 Å². The van der Waals surface area contributed by atoms with E-state index in [0.29, 0.717) is 0 Å². The van der Waals surface area contributed by atoms with Gasteiger partial charge >= 0.3 is 15.5 Å². The number of rotatable bonds is 4. The summed E-state index contributed by atoms with van der Waals surface area (Å²) in [5.41, 5.74) is 0. The maximum absolute atomic E-state index is 14.3. The summed E-state index contributed by atoms with van der Waals surface area (Å²) in [4.78, 5) is 0. The van der Waals surface area contributed by atoms with Crippen LogP contribution in [0, 0.1) is 0 Å². The standard InChI is InChI=1S/C7H17F3N3O2P3/c1-6(2)14-17(9)11-16(5,8)12-18(10,13-17)15-7(3)4/h6-7H,1-5H3. The van der Waals surface area contributed by atoms with Crippen molar-refractivity contribution in [2.45, 2.75) is 39.9 Å². The van der Waals surface area contributed by atoms with Crippen molar-refractivity contribution in [3.05, 3.63) is 0 Å². The Balaban J connectivity index is 3.31. The predicted octanol–water partition coefficient (Wildman–Crippen LogP) is 6.31. The highest BCUT2D eigenvalue weighted by Crippen LogP contribution is 2.80. The molecule has 3 unspecified atom stereocenters. The third-order valence-electron chi connectivity index (χ3n) is 1.46. The quantitative estimate of drug-likeness (QED) is 0.568. The van der Waals surface area contributed by atoms with E-state index < -0.39 is 35.2 Å². The van der Waals surface area contributed by atoms with Crippen molar-refractivity contribution < 1.29 is 21.6 Å². The molecule has 0 fully saturated rings. The van der Waals surface area contributed by atoms with Gasteiger partial charge in [-0.1, -0.05) is 0 Å². The smallest absolute Gasteiger partial charge is 0.300 e. The van der Waals surface area contributed by atoms with Crippen LogP contribution in [0.15, 0.2) is 13.5 Å². The first-order valence-electron chi connectivity index (χ1n) is 5.30. The SMILES string of the molecule is CC(C)OP1(F)=NP(C)(F)=NP(F)(OC(C)C)=N1. The van der Waals surface area contributed by atoms with Crippen LogP contribution >= 0.6 is 23.0 Å². The predicted molar refractivity (Wildman–Crippen MR) is 69.7 cm³/mol. The van der Waals surface area contributed by atoms with Crippen LogP contribution < -0.4 is 0 Å². The van der Waals surface area contributed by atoms with Crippen LogP contribution in [0.1, 0.15) is 27.7 Å². The molecule has 0 saturated carbocycles. The third-order valence-corrected chi connectivity index (χ3v) is 8.98. The van der Waals surface area contributed by atoms with Gasteiger partial charge in [-0.2, -0.15) is 21.6 Å². The lowest BCUT2D eigenvalue weighted by atomic mass is 10.5. The molecule has 5 nitrogen and oxygen atoms in total. The normalized spacial score (nSPS) is 40.3. The average Bonchev–Trinajstić information content (AvgIpc) is 1.90. The largest absolute Gasteiger partial charge is 0.386 e. The van der Waals surface area contributed by atoms with Gasteiger partial charge in [0.05, 0.1) is 12.2 Å². The van der Waals surface area contributed by atoms with E-state index in [1.165, 1.54) is 27.7 Å². The number of hydrogen-bond donors (Lipinski definition) is 0. The Morgan fingerprint density at radius 1 is 0.778 bits per heavy atom. The van der Waals surface area contributed by atoms with Crippen LogP contribution in [0.25, 0.3) is 0 Å². The monoisotopic (exact) mass is 325 g/mol. The minimum absolute atomic E-state index is 0.582. The first kappa shape index (κ1) is 16.5. The zero-order valence-corrected chi connectivity index (χ0v) is 13.5. The topological polar surface area (TPSA) is 55.5 Å². The second-order valence-electron chi connectivity index (χ2n) is 4.33. The Bertz CT molecular complexity index is 470. The summed E-state index contributed by atoms with van der Waals surface area (Å²) < 4.78 is 61.8. The summed E-state index contributed by atoms with van der Waals surface area (Å²) in [6, 6.07) is 0. The van der Waals surface area contributed by atoms with E-state index in [0.717, 1.165) is 6.66 Å². The van der Waals surface area contributed by atoms with E-state index in [9.17, 15) is 12.6 Å². The van der Waals surface area contributed by atoms with Gasteiger partial charge in [0.25, 0.3) is 0 Å². The number of nitrogens with zero attached hydrogens (tertiary/aromatic N) is 3. The van der Waals surface area contributed by atoms with Gasteiger partial charge in [0.2, 0.25) is 7.52 Å². The molecular weight excluding hydrogens is 308 g/mol. The van der Waals surface area contributed by atoms with Crippen molar-refractivity contribution in [2.24, 2.45) is 13.5 Å². The zero-order chi connectivity index (χ0) is 14.2. The summed E-state index contributed by atoms with van der Waals surface area (Å²) in [5, 5.41) is 0. The summed E-state index contributed by atoms with van der Waals surface area (Å²) in [6.07, 6.45) is -1.16. The molecule has 108 valence electrons. The highest BCUT2D eigenvalue weighted by atomic mass is 31.3. The molecule has 0 radical (unpaired) electrons. The zero-order valence-electron chi connectivity index (χ0n) is 10.8. The molecule has 1 aliphatic rings. The van der Waals surface area contributed by atoms with Gasteiger partial charge in [-0.15, -0.1) is 4.52 Å². The van der Waals surface area contributed by atoms with Crippen LogP contribution in [0.2, 0.25) is 0 Å². The van der Waals surface area contributed by atoms with E-state index in [4.69, 9.17) is 9.05 Å². The molecular formula is C7H17F3N3O2P3. The minimum Gasteiger partial charge on any atom is -0.300 e. The molecule has 1 heterocycles. The average molecular weight is 325 g/mol. The molecule has 18 heavy (non-hydrogen) atoms. The molecule has 11 heteroatoms. The van der Waals surface area contributed by atoms with Gasteiger partial charge in [0.1, 0.15) is 0 Å². The molecule has 3 atom stereocenters. The van der Waals surface area contributed by atoms with Crippen LogP contribution in [0.4, 0.5) is 12.6 Å². The molecule has 0 amide bonds. The number of hydrogen-bond acceptors (Lipinski definition) is 5. The molecule has 0 spiro atoms. The second-order valence-corrected chi connectivity index (χ2v) is 10.4. The Morgan fingerprint density at radius 2 is 1.17 bits per heavy atom. The molecule has 1 aliphatic heterocycles. The second kappa shape index (κ2) is 5.41. The van der Waals surface area contributed by atoms with Crippen molar-refractivity contribution >= 4 is 23.0 Å². The van der Waals surface area contributed by atoms with Crippen molar-refractivity contribution in [3.63, 3.8) is 0 Å². The Kier molecular flexibility index (Phi) is 4.95. The van der Waals surface area contributed by atoms with E-state index in [1.54, 1.807) is 0 Å². The molecule has 0 aliphatic carbocycles. The van der Waals surface area contributed by atoms with Crippen LogP contribution in [-0.4, -0.2) is 18.9 Å². The molecule has 1 rings (SSSR count). The molecule has 0 aromatic heterocycles. The first-order chi connectivity index (χ1) is 7.95. The minimum atomic E-state index is -4.34. The molecule has 0 N–H and O–H groups in total. The van der Waals surface area contributed by atoms with Gasteiger partial charge in [0.15, 0.2) is 0 Å². The van der Waals surface area contributed by atoms with Crippen molar-refractivity contribution in [2.75, 3.05) is 6.66 Å². The van der Waals surface area contributed by atoms with E-state index in [2.05, 4.69) is 13.5 Å². The van der Waals surface area contributed by atoms with Gasteiger partial charge in [-0.25, -0.2) is 0 Å². The lowest BCUT2D eigenvalue weighted by molar-refractivity contribution is 0.242. The fourth-order valence-electron chi connectivity index (χ4n) is 1.21. The van der Waals surface area contributed by atoms with Crippen LogP contribution in [0.5, 0.6) is 0 Å². The molecule has 0 aromatic carbocycles. The Hall–Kier alpha value is 0.400. The van der Waals surface area contributed by atoms with Crippen molar-refractivity contribution in [3.8, 4) is 0 Å². The molecule has 0 saturated heterocycles. The Morgan fingerprint density at radius 3 is 1.56 bits per heavy atom. The highest BCUT2D eigenvalue weighted by Gasteiger charge is 2.38. The lowest BCUT2D eigenvalue weighted by Crippen LogP contribution is -2.00. The Labute approximate surface area is 105 Å². The van der Waals surface area contributed by atoms with Crippen LogP contribution in [-0.2, 0) is 9.05 Å².